The zero-order valence-electron chi connectivity index (χ0n) is 9.33. The van der Waals surface area contributed by atoms with Gasteiger partial charge < -0.3 is 19.6 Å². The van der Waals surface area contributed by atoms with Gasteiger partial charge in [0.25, 0.3) is 0 Å². The first-order chi connectivity index (χ1) is 7.69. The molecule has 0 aliphatic rings. The van der Waals surface area contributed by atoms with Crippen molar-refractivity contribution in [3.63, 3.8) is 0 Å². The summed E-state index contributed by atoms with van der Waals surface area (Å²) in [6, 6.07) is 0. The molecule has 1 rings (SSSR count). The zero-order valence-corrected chi connectivity index (χ0v) is 9.33. The fourth-order valence-corrected chi connectivity index (χ4v) is 1.30. The second-order valence-electron chi connectivity index (χ2n) is 2.98. The van der Waals surface area contributed by atoms with Crippen LogP contribution in [0.4, 0.5) is 5.95 Å². The molecule has 0 radical (unpaired) electrons. The molecule has 1 heterocycles. The highest BCUT2D eigenvalue weighted by Gasteiger charge is 2.18. The molecule has 0 unspecified atom stereocenters. The van der Waals surface area contributed by atoms with Crippen LogP contribution in [0.2, 0.25) is 0 Å². The topological polar surface area (TPSA) is 79.4 Å². The predicted octanol–water partition coefficient (Wildman–Crippen LogP) is 1.19. The van der Waals surface area contributed by atoms with Crippen molar-refractivity contribution in [2.75, 3.05) is 13.2 Å². The van der Waals surface area contributed by atoms with Gasteiger partial charge in [0.05, 0.1) is 0 Å². The van der Waals surface area contributed by atoms with E-state index in [0.29, 0.717) is 13.2 Å². The summed E-state index contributed by atoms with van der Waals surface area (Å²) >= 11 is 0. The zero-order chi connectivity index (χ0) is 12.0. The fourth-order valence-electron chi connectivity index (χ4n) is 1.30. The van der Waals surface area contributed by atoms with Crippen LogP contribution in [0.5, 0.6) is 0 Å². The van der Waals surface area contributed by atoms with Gasteiger partial charge in [-0.3, -0.25) is 0 Å². The van der Waals surface area contributed by atoms with E-state index in [1.54, 1.807) is 0 Å². The molecule has 1 aromatic rings. The molecule has 90 valence electrons. The van der Waals surface area contributed by atoms with Crippen LogP contribution in [0.15, 0.2) is 12.4 Å². The highest BCUT2D eigenvalue weighted by Crippen LogP contribution is 2.10. The van der Waals surface area contributed by atoms with Crippen LogP contribution in [0.1, 0.15) is 13.8 Å². The third-order valence-corrected chi connectivity index (χ3v) is 1.91. The number of imidazole rings is 1. The quantitative estimate of drug-likeness (QED) is 0.398. The summed E-state index contributed by atoms with van der Waals surface area (Å²) in [4.78, 5) is 13.7. The minimum Gasteiger partial charge on any atom is -0.390 e. The standard InChI is InChI=1S/C9H15N3O4/c1-3-15-8(16-4-2)7-11-6-5-10-9(11)12(13)14/h5-6,8H,3-4,7H2,1-2H3. The van der Waals surface area contributed by atoms with Gasteiger partial charge in [-0.2, -0.15) is 0 Å². The van der Waals surface area contributed by atoms with E-state index in [2.05, 4.69) is 4.98 Å². The van der Waals surface area contributed by atoms with E-state index >= 15 is 0 Å². The summed E-state index contributed by atoms with van der Waals surface area (Å²) in [5.74, 6) is -0.204. The first-order valence-electron chi connectivity index (χ1n) is 5.07. The molecule has 1 aromatic heterocycles. The van der Waals surface area contributed by atoms with Crippen LogP contribution in [-0.4, -0.2) is 34.0 Å². The number of nitrogens with zero attached hydrogens (tertiary/aromatic N) is 3. The SMILES string of the molecule is CCOC(Cn1ccnc1[N+](=O)[O-])OCC. The summed E-state index contributed by atoms with van der Waals surface area (Å²) in [6.07, 6.45) is 2.43. The Bertz CT molecular complexity index is 333. The summed E-state index contributed by atoms with van der Waals surface area (Å²) in [7, 11) is 0. The minimum atomic E-state index is -0.533. The molecule has 7 nitrogen and oxygen atoms in total. The highest BCUT2D eigenvalue weighted by atomic mass is 16.7. The van der Waals surface area contributed by atoms with E-state index in [4.69, 9.17) is 9.47 Å². The molecule has 0 saturated carbocycles. The molecule has 7 heteroatoms. The van der Waals surface area contributed by atoms with Gasteiger partial charge in [0.15, 0.2) is 6.29 Å². The van der Waals surface area contributed by atoms with Crippen molar-refractivity contribution in [3.8, 4) is 0 Å². The average Bonchev–Trinajstić information content (AvgIpc) is 2.66. The van der Waals surface area contributed by atoms with Gasteiger partial charge in [0.2, 0.25) is 0 Å². The molecule has 0 saturated heterocycles. The Morgan fingerprint density at radius 1 is 1.50 bits per heavy atom. The second kappa shape index (κ2) is 6.19. The Balaban J connectivity index is 2.68. The van der Waals surface area contributed by atoms with E-state index < -0.39 is 11.2 Å². The maximum atomic E-state index is 10.6. The molecule has 0 atom stereocenters. The number of hydrogen-bond acceptors (Lipinski definition) is 5. The van der Waals surface area contributed by atoms with Gasteiger partial charge in [-0.25, -0.2) is 4.57 Å². The molecule has 0 bridgehead atoms. The lowest BCUT2D eigenvalue weighted by molar-refractivity contribution is -0.397. The van der Waals surface area contributed by atoms with Gasteiger partial charge in [-0.15, -0.1) is 0 Å². The molecule has 0 aromatic carbocycles. The first kappa shape index (κ1) is 12.6. The molecule has 0 fully saturated rings. The monoisotopic (exact) mass is 229 g/mol. The normalized spacial score (nSPS) is 10.9. The van der Waals surface area contributed by atoms with Crippen LogP contribution in [0, 0.1) is 10.1 Å². The molecular weight excluding hydrogens is 214 g/mol. The minimum absolute atomic E-state index is 0.204. The molecular formula is C9H15N3O4. The van der Waals surface area contributed by atoms with Crippen molar-refractivity contribution >= 4 is 5.95 Å². The lowest BCUT2D eigenvalue weighted by atomic mass is 10.5. The van der Waals surface area contributed by atoms with E-state index in [1.165, 1.54) is 17.0 Å². The van der Waals surface area contributed by atoms with Gasteiger partial charge >= 0.3 is 5.95 Å². The Labute approximate surface area is 93.1 Å². The van der Waals surface area contributed by atoms with Crippen molar-refractivity contribution < 1.29 is 14.4 Å². The van der Waals surface area contributed by atoms with Crippen molar-refractivity contribution in [1.82, 2.24) is 9.55 Å². The molecule has 0 N–H and O–H groups in total. The number of hydrogen-bond donors (Lipinski definition) is 0. The first-order valence-corrected chi connectivity index (χ1v) is 5.07. The van der Waals surface area contributed by atoms with E-state index in [0.717, 1.165) is 0 Å². The van der Waals surface area contributed by atoms with Gasteiger partial charge in [0.1, 0.15) is 18.9 Å². The van der Waals surface area contributed by atoms with Crippen LogP contribution in [-0.2, 0) is 16.0 Å². The smallest absolute Gasteiger partial charge is 0.390 e. The molecule has 0 amide bonds. The summed E-state index contributed by atoms with van der Waals surface area (Å²) in [5, 5.41) is 10.6. The van der Waals surface area contributed by atoms with Crippen LogP contribution in [0.25, 0.3) is 0 Å². The van der Waals surface area contributed by atoms with Crippen molar-refractivity contribution in [1.29, 1.82) is 0 Å². The molecule has 0 aliphatic heterocycles. The van der Waals surface area contributed by atoms with Gasteiger partial charge in [0, 0.05) is 13.2 Å². The average molecular weight is 229 g/mol. The Morgan fingerprint density at radius 3 is 2.62 bits per heavy atom. The van der Waals surface area contributed by atoms with Crippen LogP contribution < -0.4 is 0 Å². The largest absolute Gasteiger partial charge is 0.434 e. The van der Waals surface area contributed by atoms with Crippen molar-refractivity contribution in [2.24, 2.45) is 0 Å². The van der Waals surface area contributed by atoms with Gasteiger partial charge in [-0.05, 0) is 18.8 Å². The Kier molecular flexibility index (Phi) is 4.87. The number of ether oxygens (including phenoxy) is 2. The summed E-state index contributed by atoms with van der Waals surface area (Å²) in [6.45, 7) is 4.93. The van der Waals surface area contributed by atoms with E-state index in [1.807, 2.05) is 13.8 Å². The number of aromatic nitrogens is 2. The lowest BCUT2D eigenvalue weighted by Gasteiger charge is -2.15. The van der Waals surface area contributed by atoms with Crippen LogP contribution in [0.3, 0.4) is 0 Å². The fraction of sp³-hybridized carbons (Fsp3) is 0.667. The van der Waals surface area contributed by atoms with Gasteiger partial charge in [-0.1, -0.05) is 4.98 Å². The molecule has 0 spiro atoms. The summed E-state index contributed by atoms with van der Waals surface area (Å²) in [5.41, 5.74) is 0. The van der Waals surface area contributed by atoms with Crippen molar-refractivity contribution in [3.05, 3.63) is 22.5 Å². The van der Waals surface area contributed by atoms with E-state index in [9.17, 15) is 10.1 Å². The number of rotatable bonds is 7. The second-order valence-corrected chi connectivity index (χ2v) is 2.98. The molecule has 0 aliphatic carbocycles. The maximum absolute atomic E-state index is 10.6. The third-order valence-electron chi connectivity index (χ3n) is 1.91. The molecule has 16 heavy (non-hydrogen) atoms. The predicted molar refractivity (Wildman–Crippen MR) is 55.9 cm³/mol. The Morgan fingerprint density at radius 2 is 2.12 bits per heavy atom. The lowest BCUT2D eigenvalue weighted by Crippen LogP contribution is -2.24. The highest BCUT2D eigenvalue weighted by molar-refractivity contribution is 5.06. The van der Waals surface area contributed by atoms with Crippen molar-refractivity contribution in [2.45, 2.75) is 26.7 Å². The van der Waals surface area contributed by atoms with E-state index in [-0.39, 0.29) is 12.5 Å². The number of nitro groups is 1. The Hall–Kier alpha value is -1.47. The summed E-state index contributed by atoms with van der Waals surface area (Å²) < 4.78 is 12.0. The van der Waals surface area contributed by atoms with Crippen LogP contribution >= 0.6 is 0 Å². The maximum Gasteiger partial charge on any atom is 0.434 e. The third kappa shape index (κ3) is 3.28.